The first kappa shape index (κ1) is 14.8. The molecular weight excluding hydrogens is 252 g/mol. The van der Waals surface area contributed by atoms with Crippen molar-refractivity contribution in [3.63, 3.8) is 0 Å². The summed E-state index contributed by atoms with van der Waals surface area (Å²) in [4.78, 5) is 22.5. The van der Waals surface area contributed by atoms with Gasteiger partial charge in [0.1, 0.15) is 0 Å². The third kappa shape index (κ3) is 2.92. The van der Waals surface area contributed by atoms with Crippen molar-refractivity contribution in [1.29, 1.82) is 0 Å². The second-order valence-corrected chi connectivity index (χ2v) is 5.96. The Kier molecular flexibility index (Phi) is 4.26. The molecule has 0 aliphatic heterocycles. The van der Waals surface area contributed by atoms with E-state index in [1.807, 2.05) is 13.0 Å². The predicted molar refractivity (Wildman–Crippen MR) is 78.3 cm³/mol. The lowest BCUT2D eigenvalue weighted by atomic mass is 9.70. The molecule has 3 nitrogen and oxygen atoms in total. The number of carbonyl (C=O) groups excluding carboxylic acids is 1. The van der Waals surface area contributed by atoms with Crippen LogP contribution in [0.4, 0.5) is 0 Å². The number of hydrogen-bond donors (Lipinski definition) is 1. The summed E-state index contributed by atoms with van der Waals surface area (Å²) in [6.45, 7) is 5.81. The molecule has 1 fully saturated rings. The monoisotopic (exact) mass is 274 g/mol. The normalized spacial score (nSPS) is 31.1. The molecule has 2 aliphatic carbocycles. The fourth-order valence-electron chi connectivity index (χ4n) is 3.12. The molecule has 1 N–H and O–H groups in total. The molecule has 2 rings (SSSR count). The second kappa shape index (κ2) is 5.78. The molecule has 0 atom stereocenters. The summed E-state index contributed by atoms with van der Waals surface area (Å²) in [5, 5.41) is 9.06. The minimum atomic E-state index is -0.688. The molecule has 0 aromatic carbocycles. The molecule has 20 heavy (non-hydrogen) atoms. The van der Waals surface area contributed by atoms with Gasteiger partial charge >= 0.3 is 5.97 Å². The predicted octanol–water partition coefficient (Wildman–Crippen LogP) is 3.67. The minimum Gasteiger partial charge on any atom is -0.481 e. The maximum absolute atomic E-state index is 11.5. The van der Waals surface area contributed by atoms with E-state index in [-0.39, 0.29) is 17.1 Å². The van der Waals surface area contributed by atoms with Crippen molar-refractivity contribution in [2.75, 3.05) is 0 Å². The van der Waals surface area contributed by atoms with Crippen LogP contribution in [-0.4, -0.2) is 16.9 Å². The fourth-order valence-corrected chi connectivity index (χ4v) is 3.12. The number of rotatable bonds is 4. The average Bonchev–Trinajstić information content (AvgIpc) is 2.77. The molecule has 0 unspecified atom stereocenters. The molecule has 2 aliphatic rings. The summed E-state index contributed by atoms with van der Waals surface area (Å²) in [7, 11) is 0. The van der Waals surface area contributed by atoms with E-state index >= 15 is 0 Å². The van der Waals surface area contributed by atoms with Crippen LogP contribution >= 0.6 is 0 Å². The highest BCUT2D eigenvalue weighted by atomic mass is 16.4. The van der Waals surface area contributed by atoms with Crippen LogP contribution in [0.15, 0.2) is 36.0 Å². The lowest BCUT2D eigenvalue weighted by Gasteiger charge is -2.34. The largest absolute Gasteiger partial charge is 0.481 e. The van der Waals surface area contributed by atoms with Crippen LogP contribution in [0.25, 0.3) is 0 Å². The Balaban J connectivity index is 2.08. The Morgan fingerprint density at radius 2 is 2.00 bits per heavy atom. The van der Waals surface area contributed by atoms with Gasteiger partial charge in [0.15, 0.2) is 5.78 Å². The first-order valence-electron chi connectivity index (χ1n) is 7.26. The molecule has 0 bridgehead atoms. The van der Waals surface area contributed by atoms with Gasteiger partial charge in [0, 0.05) is 11.8 Å². The second-order valence-electron chi connectivity index (χ2n) is 5.96. The van der Waals surface area contributed by atoms with Crippen LogP contribution in [0.2, 0.25) is 0 Å². The van der Waals surface area contributed by atoms with Crippen molar-refractivity contribution in [2.45, 2.75) is 45.4 Å². The summed E-state index contributed by atoms with van der Waals surface area (Å²) in [6.07, 6.45) is 10.6. The third-order valence-corrected chi connectivity index (χ3v) is 4.81. The molecule has 0 amide bonds. The lowest BCUT2D eigenvalue weighted by Crippen LogP contribution is -2.27. The zero-order valence-electron chi connectivity index (χ0n) is 12.0. The van der Waals surface area contributed by atoms with E-state index in [1.165, 1.54) is 0 Å². The fraction of sp³-hybridized carbons (Fsp3) is 0.529. The quantitative estimate of drug-likeness (QED) is 0.796. The van der Waals surface area contributed by atoms with E-state index in [0.29, 0.717) is 19.3 Å². The molecular formula is C17H22O3. The zero-order valence-corrected chi connectivity index (χ0v) is 12.0. The molecule has 0 saturated heterocycles. The Morgan fingerprint density at radius 3 is 2.45 bits per heavy atom. The summed E-state index contributed by atoms with van der Waals surface area (Å²) in [5.74, 6) is -0.663. The summed E-state index contributed by atoms with van der Waals surface area (Å²) in [5.41, 5.74) is 1.89. The van der Waals surface area contributed by atoms with Crippen LogP contribution in [0.1, 0.15) is 45.4 Å². The van der Waals surface area contributed by atoms with Crippen molar-refractivity contribution >= 4 is 11.8 Å². The Hall–Kier alpha value is -1.64. The van der Waals surface area contributed by atoms with Crippen LogP contribution in [0.3, 0.4) is 0 Å². The highest BCUT2D eigenvalue weighted by Gasteiger charge is 2.33. The van der Waals surface area contributed by atoms with Gasteiger partial charge in [-0.05, 0) is 50.2 Å². The van der Waals surface area contributed by atoms with Crippen molar-refractivity contribution in [3.05, 3.63) is 36.0 Å². The van der Waals surface area contributed by atoms with Gasteiger partial charge in [0.05, 0.1) is 5.92 Å². The topological polar surface area (TPSA) is 54.4 Å². The van der Waals surface area contributed by atoms with Crippen molar-refractivity contribution < 1.29 is 14.7 Å². The number of ketones is 1. The number of allylic oxidation sites excluding steroid dienone is 5. The van der Waals surface area contributed by atoms with Gasteiger partial charge in [0.2, 0.25) is 0 Å². The van der Waals surface area contributed by atoms with Crippen molar-refractivity contribution in [1.82, 2.24) is 0 Å². The molecule has 3 heteroatoms. The highest BCUT2D eigenvalue weighted by Crippen LogP contribution is 2.42. The van der Waals surface area contributed by atoms with Gasteiger partial charge in [-0.25, -0.2) is 0 Å². The smallest absolute Gasteiger partial charge is 0.306 e. The lowest BCUT2D eigenvalue weighted by molar-refractivity contribution is -0.143. The standard InChI is InChI=1S/C17H22O3/c1-3-17(10-7-14(8-11-17)16(19)20)9-6-13-4-5-15(18)12(13)2/h3,6,9,14H,1,4-5,7-8,10-11H2,2H3,(H,19,20)/b9-6+. The Morgan fingerprint density at radius 1 is 1.35 bits per heavy atom. The van der Waals surface area contributed by atoms with Gasteiger partial charge in [-0.2, -0.15) is 0 Å². The first-order valence-corrected chi connectivity index (χ1v) is 7.26. The van der Waals surface area contributed by atoms with E-state index in [1.54, 1.807) is 0 Å². The van der Waals surface area contributed by atoms with Gasteiger partial charge in [0.25, 0.3) is 0 Å². The van der Waals surface area contributed by atoms with E-state index in [9.17, 15) is 9.59 Å². The van der Waals surface area contributed by atoms with Crippen LogP contribution in [0, 0.1) is 11.3 Å². The van der Waals surface area contributed by atoms with Gasteiger partial charge in [-0.3, -0.25) is 9.59 Å². The average molecular weight is 274 g/mol. The molecule has 0 aromatic rings. The van der Waals surface area contributed by atoms with Gasteiger partial charge in [-0.15, -0.1) is 6.58 Å². The number of carboxylic acids is 1. The van der Waals surface area contributed by atoms with Crippen molar-refractivity contribution in [2.24, 2.45) is 11.3 Å². The number of carboxylic acid groups (broad SMARTS) is 1. The third-order valence-electron chi connectivity index (χ3n) is 4.81. The van der Waals surface area contributed by atoms with E-state index in [0.717, 1.165) is 30.4 Å². The molecule has 0 spiro atoms. The number of carbonyl (C=O) groups is 2. The van der Waals surface area contributed by atoms with Gasteiger partial charge < -0.3 is 5.11 Å². The molecule has 0 heterocycles. The van der Waals surface area contributed by atoms with E-state index in [2.05, 4.69) is 18.7 Å². The first-order chi connectivity index (χ1) is 9.47. The summed E-state index contributed by atoms with van der Waals surface area (Å²) < 4.78 is 0. The summed E-state index contributed by atoms with van der Waals surface area (Å²) in [6, 6.07) is 0. The van der Waals surface area contributed by atoms with Crippen molar-refractivity contribution in [3.8, 4) is 0 Å². The number of Topliss-reactive ketones (excluding diaryl/α,β-unsaturated/α-hetero) is 1. The van der Waals surface area contributed by atoms with Gasteiger partial charge in [-0.1, -0.05) is 18.2 Å². The SMILES string of the molecule is C=CC1(/C=C/C2=C(C)C(=O)CC2)CCC(C(=O)O)CC1. The molecule has 0 aromatic heterocycles. The van der Waals surface area contributed by atoms with E-state index in [4.69, 9.17) is 5.11 Å². The Bertz CT molecular complexity index is 488. The molecule has 0 radical (unpaired) electrons. The van der Waals surface area contributed by atoms with Crippen LogP contribution < -0.4 is 0 Å². The maximum atomic E-state index is 11.5. The summed E-state index contributed by atoms with van der Waals surface area (Å²) >= 11 is 0. The molecule has 108 valence electrons. The minimum absolute atomic E-state index is 0.106. The highest BCUT2D eigenvalue weighted by molar-refractivity contribution is 5.98. The number of aliphatic carboxylic acids is 1. The Labute approximate surface area is 120 Å². The van der Waals surface area contributed by atoms with E-state index < -0.39 is 5.97 Å². The van der Waals surface area contributed by atoms with Crippen LogP contribution in [-0.2, 0) is 9.59 Å². The number of hydrogen-bond acceptors (Lipinski definition) is 2. The zero-order chi connectivity index (χ0) is 14.8. The molecule has 1 saturated carbocycles. The van der Waals surface area contributed by atoms with Crippen LogP contribution in [0.5, 0.6) is 0 Å². The maximum Gasteiger partial charge on any atom is 0.306 e.